The molecule has 0 aliphatic rings. The van der Waals surface area contributed by atoms with Crippen LogP contribution in [0.1, 0.15) is 32.4 Å². The molecule has 2 rings (SSSR count). The normalized spacial score (nSPS) is 12.2. The molecule has 170 valence electrons. The fourth-order valence-corrected chi connectivity index (χ4v) is 3.26. The van der Waals surface area contributed by atoms with Crippen LogP contribution in [-0.4, -0.2) is 42.3 Å². The number of nitrogens with two attached hydrogens (primary N) is 1. The third-order valence-electron chi connectivity index (χ3n) is 4.78. The van der Waals surface area contributed by atoms with Crippen molar-refractivity contribution in [3.05, 3.63) is 55.7 Å². The molecule has 0 fully saturated rings. The van der Waals surface area contributed by atoms with Crippen molar-refractivity contribution in [1.82, 2.24) is 14.9 Å². The van der Waals surface area contributed by atoms with Gasteiger partial charge in [-0.25, -0.2) is 4.79 Å². The molecule has 0 unspecified atom stereocenters. The van der Waals surface area contributed by atoms with Crippen molar-refractivity contribution >= 4 is 29.0 Å². The number of hydrogen-bond acceptors (Lipinski definition) is 6. The molecule has 10 heteroatoms. The fraction of sp³-hybridized carbons (Fsp3) is 0.476. The number of hydrogen-bond donors (Lipinski definition) is 3. The molecule has 0 aliphatic carbocycles. The van der Waals surface area contributed by atoms with E-state index < -0.39 is 11.2 Å². The molecule has 0 saturated heterocycles. The minimum absolute atomic E-state index is 0.0438. The van der Waals surface area contributed by atoms with Gasteiger partial charge in [0.05, 0.1) is 13.2 Å². The number of benzene rings is 1. The first-order valence-corrected chi connectivity index (χ1v) is 10.4. The van der Waals surface area contributed by atoms with Crippen molar-refractivity contribution in [3.8, 4) is 0 Å². The average molecular weight is 452 g/mol. The SMILES string of the molecule is COCCN(C(=O)CN[C@H](C)c1ccc(Cl)cc1)c1c(N)n(CC(C)C)c(=O)[nH]c1=O. The lowest BCUT2D eigenvalue weighted by molar-refractivity contribution is -0.118. The Morgan fingerprint density at radius 3 is 2.48 bits per heavy atom. The summed E-state index contributed by atoms with van der Waals surface area (Å²) in [5.41, 5.74) is 5.78. The zero-order valence-corrected chi connectivity index (χ0v) is 19.0. The Hall–Kier alpha value is -2.62. The highest BCUT2D eigenvalue weighted by Gasteiger charge is 2.24. The van der Waals surface area contributed by atoms with E-state index in [0.29, 0.717) is 11.6 Å². The van der Waals surface area contributed by atoms with Gasteiger partial charge in [-0.1, -0.05) is 37.6 Å². The Balaban J connectivity index is 2.30. The van der Waals surface area contributed by atoms with Crippen molar-refractivity contribution in [2.75, 3.05) is 37.4 Å². The summed E-state index contributed by atoms with van der Waals surface area (Å²) in [6, 6.07) is 7.17. The Morgan fingerprint density at radius 1 is 1.26 bits per heavy atom. The summed E-state index contributed by atoms with van der Waals surface area (Å²) in [7, 11) is 1.50. The Kier molecular flexibility index (Phi) is 8.85. The molecule has 0 saturated carbocycles. The van der Waals surface area contributed by atoms with Crippen molar-refractivity contribution in [1.29, 1.82) is 0 Å². The molecule has 4 N–H and O–H groups in total. The van der Waals surface area contributed by atoms with Crippen molar-refractivity contribution in [3.63, 3.8) is 0 Å². The highest BCUT2D eigenvalue weighted by atomic mass is 35.5. The second-order valence-corrected chi connectivity index (χ2v) is 8.13. The van der Waals surface area contributed by atoms with E-state index in [2.05, 4.69) is 10.3 Å². The molecule has 1 heterocycles. The highest BCUT2D eigenvalue weighted by molar-refractivity contribution is 6.30. The standard InChI is InChI=1S/C21H30ClN5O4/c1-13(2)12-27-19(23)18(20(29)25-21(27)30)26(9-10-31-4)17(28)11-24-14(3)15-5-7-16(22)8-6-15/h5-8,13-14,24H,9-12,23H2,1-4H3,(H,25,29,30)/t14-/m1/s1. The maximum atomic E-state index is 13.1. The van der Waals surface area contributed by atoms with Crippen LogP contribution in [0.15, 0.2) is 33.9 Å². The van der Waals surface area contributed by atoms with Crippen molar-refractivity contribution in [2.45, 2.75) is 33.4 Å². The summed E-state index contributed by atoms with van der Waals surface area (Å²) in [5, 5.41) is 3.77. The second-order valence-electron chi connectivity index (χ2n) is 7.69. The summed E-state index contributed by atoms with van der Waals surface area (Å²) in [5.74, 6) is -0.300. The largest absolute Gasteiger partial charge is 0.383 e. The van der Waals surface area contributed by atoms with Crippen LogP contribution in [0.25, 0.3) is 0 Å². The van der Waals surface area contributed by atoms with Gasteiger partial charge in [0.25, 0.3) is 5.56 Å². The summed E-state index contributed by atoms with van der Waals surface area (Å²) in [6.07, 6.45) is 0. The number of H-pyrrole nitrogens is 1. The van der Waals surface area contributed by atoms with Crippen LogP contribution in [0, 0.1) is 5.92 Å². The van der Waals surface area contributed by atoms with Gasteiger partial charge in [0.15, 0.2) is 5.69 Å². The number of amides is 1. The lowest BCUT2D eigenvalue weighted by atomic mass is 10.1. The summed E-state index contributed by atoms with van der Waals surface area (Å²) < 4.78 is 6.38. The van der Waals surface area contributed by atoms with E-state index in [0.717, 1.165) is 5.56 Å². The smallest absolute Gasteiger partial charge is 0.330 e. The number of carbonyl (C=O) groups is 1. The zero-order valence-electron chi connectivity index (χ0n) is 18.3. The number of aromatic nitrogens is 2. The number of carbonyl (C=O) groups excluding carboxylic acids is 1. The van der Waals surface area contributed by atoms with Crippen LogP contribution in [0.4, 0.5) is 11.5 Å². The third kappa shape index (κ3) is 6.43. The van der Waals surface area contributed by atoms with Gasteiger partial charge in [-0.05, 0) is 30.5 Å². The van der Waals surface area contributed by atoms with Gasteiger partial charge in [0.1, 0.15) is 5.82 Å². The van der Waals surface area contributed by atoms with Crippen LogP contribution < -0.4 is 27.2 Å². The number of rotatable bonds is 10. The number of methoxy groups -OCH3 is 1. The van der Waals surface area contributed by atoms with E-state index in [9.17, 15) is 14.4 Å². The van der Waals surface area contributed by atoms with E-state index in [1.165, 1.54) is 16.6 Å². The Bertz CT molecular complexity index is 1000. The predicted octanol–water partition coefficient (Wildman–Crippen LogP) is 1.76. The van der Waals surface area contributed by atoms with E-state index in [1.54, 1.807) is 12.1 Å². The van der Waals surface area contributed by atoms with Crippen molar-refractivity contribution < 1.29 is 9.53 Å². The van der Waals surface area contributed by atoms with Crippen LogP contribution in [0.3, 0.4) is 0 Å². The maximum Gasteiger partial charge on any atom is 0.330 e. The third-order valence-corrected chi connectivity index (χ3v) is 5.03. The number of nitrogens with one attached hydrogen (secondary N) is 2. The summed E-state index contributed by atoms with van der Waals surface area (Å²) >= 11 is 5.92. The minimum atomic E-state index is -0.710. The fourth-order valence-electron chi connectivity index (χ4n) is 3.13. The zero-order chi connectivity index (χ0) is 23.1. The van der Waals surface area contributed by atoms with Crippen molar-refractivity contribution in [2.24, 2.45) is 5.92 Å². The van der Waals surface area contributed by atoms with E-state index in [4.69, 9.17) is 22.1 Å². The molecule has 1 aromatic carbocycles. The number of aromatic amines is 1. The van der Waals surface area contributed by atoms with Gasteiger partial charge in [0.2, 0.25) is 5.91 Å². The van der Waals surface area contributed by atoms with Gasteiger partial charge >= 0.3 is 5.69 Å². The number of nitrogen functional groups attached to an aromatic ring is 1. The molecular weight excluding hydrogens is 422 g/mol. The van der Waals surface area contributed by atoms with Crippen LogP contribution >= 0.6 is 11.6 Å². The van der Waals surface area contributed by atoms with Crippen LogP contribution in [-0.2, 0) is 16.1 Å². The van der Waals surface area contributed by atoms with Gasteiger partial charge in [-0.15, -0.1) is 0 Å². The number of ether oxygens (including phenoxy) is 1. The summed E-state index contributed by atoms with van der Waals surface area (Å²) in [6.45, 7) is 6.33. The first-order valence-electron chi connectivity index (χ1n) is 10.1. The monoisotopic (exact) mass is 451 g/mol. The molecule has 1 amide bonds. The maximum absolute atomic E-state index is 13.1. The first kappa shape index (κ1) is 24.6. The molecule has 1 atom stereocenters. The predicted molar refractivity (Wildman–Crippen MR) is 123 cm³/mol. The second kappa shape index (κ2) is 11.1. The summed E-state index contributed by atoms with van der Waals surface area (Å²) in [4.78, 5) is 41.4. The van der Waals surface area contributed by atoms with E-state index >= 15 is 0 Å². The Morgan fingerprint density at radius 2 is 1.90 bits per heavy atom. The number of anilines is 2. The van der Waals surface area contributed by atoms with E-state index in [1.807, 2.05) is 32.9 Å². The van der Waals surface area contributed by atoms with E-state index in [-0.39, 0.29) is 49.1 Å². The Labute approximate surface area is 186 Å². The molecule has 0 spiro atoms. The first-order chi connectivity index (χ1) is 14.6. The minimum Gasteiger partial charge on any atom is -0.383 e. The number of nitrogens with zero attached hydrogens (tertiary/aromatic N) is 2. The topological polar surface area (TPSA) is 122 Å². The molecule has 1 aromatic heterocycles. The quantitative estimate of drug-likeness (QED) is 0.506. The van der Waals surface area contributed by atoms with Crippen LogP contribution in [0.2, 0.25) is 5.02 Å². The highest BCUT2D eigenvalue weighted by Crippen LogP contribution is 2.19. The van der Waals surface area contributed by atoms with Crippen LogP contribution in [0.5, 0.6) is 0 Å². The van der Waals surface area contributed by atoms with Gasteiger partial charge in [0, 0.05) is 31.3 Å². The van der Waals surface area contributed by atoms with Gasteiger partial charge in [-0.2, -0.15) is 0 Å². The molecule has 9 nitrogen and oxygen atoms in total. The van der Waals surface area contributed by atoms with Gasteiger partial charge < -0.3 is 20.7 Å². The molecule has 0 bridgehead atoms. The lowest BCUT2D eigenvalue weighted by Crippen LogP contribution is -2.46. The molecule has 2 aromatic rings. The lowest BCUT2D eigenvalue weighted by Gasteiger charge is -2.25. The number of halogens is 1. The molecule has 31 heavy (non-hydrogen) atoms. The molecule has 0 radical (unpaired) electrons. The molecule has 0 aliphatic heterocycles. The molecular formula is C21H30ClN5O4. The van der Waals surface area contributed by atoms with Gasteiger partial charge in [-0.3, -0.25) is 19.1 Å². The average Bonchev–Trinajstić information content (AvgIpc) is 2.71.